The zero-order valence-corrected chi connectivity index (χ0v) is 23.3. The molecule has 4 atom stereocenters. The molecule has 0 radical (unpaired) electrons. The number of amides is 2. The molecule has 3 heterocycles. The number of aliphatic hydroxyl groups is 1. The monoisotopic (exact) mass is 568 g/mol. The third-order valence-electron chi connectivity index (χ3n) is 8.71. The van der Waals surface area contributed by atoms with Crippen molar-refractivity contribution in [3.8, 4) is 0 Å². The molecule has 2 amide bonds. The van der Waals surface area contributed by atoms with Crippen LogP contribution in [-0.4, -0.2) is 34.6 Å². The molecule has 0 bridgehead atoms. The highest BCUT2D eigenvalue weighted by molar-refractivity contribution is 6.22. The maximum atomic E-state index is 13.8. The van der Waals surface area contributed by atoms with E-state index in [1.165, 1.54) is 18.2 Å². The van der Waals surface area contributed by atoms with Crippen LogP contribution in [0.5, 0.6) is 0 Å². The summed E-state index contributed by atoms with van der Waals surface area (Å²) in [5.74, 6) is -0.694. The normalized spacial score (nSPS) is 23.9. The Bertz CT molecular complexity index is 1590. The number of aliphatic hydroxyl groups excluding tert-OH is 1. The van der Waals surface area contributed by atoms with E-state index in [9.17, 15) is 24.8 Å². The summed E-state index contributed by atoms with van der Waals surface area (Å²) < 4.78 is 12.1. The van der Waals surface area contributed by atoms with Crippen molar-refractivity contribution in [2.45, 2.75) is 45.3 Å². The third-order valence-corrected chi connectivity index (χ3v) is 8.71. The maximum Gasteiger partial charge on any atom is 0.271 e. The van der Waals surface area contributed by atoms with E-state index in [-0.39, 0.29) is 41.8 Å². The van der Waals surface area contributed by atoms with Gasteiger partial charge in [-0.1, -0.05) is 48.9 Å². The number of hydrogen-bond acceptors (Lipinski definition) is 7. The summed E-state index contributed by atoms with van der Waals surface area (Å²) in [5.41, 5.74) is 4.50. The van der Waals surface area contributed by atoms with Gasteiger partial charge in [-0.05, 0) is 66.7 Å². The van der Waals surface area contributed by atoms with Crippen LogP contribution in [0.15, 0.2) is 82.3 Å². The number of carbonyl (C=O) groups excluding carboxylic acids is 2. The number of imide groups is 1. The van der Waals surface area contributed by atoms with E-state index >= 15 is 0 Å². The zero-order chi connectivity index (χ0) is 29.4. The Hall–Kier alpha value is -4.34. The van der Waals surface area contributed by atoms with Crippen molar-refractivity contribution in [2.24, 2.45) is 17.8 Å². The molecule has 9 nitrogen and oxygen atoms in total. The third kappa shape index (κ3) is 4.99. The molecular weight excluding hydrogens is 536 g/mol. The molecule has 2 fully saturated rings. The fraction of sp³-hybridized carbons (Fsp3) is 0.333. The van der Waals surface area contributed by atoms with E-state index in [2.05, 4.69) is 6.92 Å². The van der Waals surface area contributed by atoms with Gasteiger partial charge in [0.25, 0.3) is 5.69 Å². The van der Waals surface area contributed by atoms with Crippen molar-refractivity contribution in [2.75, 3.05) is 11.5 Å². The summed E-state index contributed by atoms with van der Waals surface area (Å²) in [6, 6.07) is 19.3. The minimum absolute atomic E-state index is 0.162. The molecule has 2 aromatic carbocycles. The SMILES string of the molecule is CCC1=C2[C@@H](CC/C(=C/c3ccc(CO)o3)c3ccccc3)OC[C@@H]2[C@@H]2C(=O)N(c3cccc([N+](=O)[O-])c3)C(=O)[C@@H]2C1. The number of nitro benzene ring substituents is 1. The average Bonchev–Trinajstić information content (AvgIpc) is 3.71. The molecule has 0 saturated carbocycles. The minimum atomic E-state index is -0.545. The number of rotatable bonds is 9. The van der Waals surface area contributed by atoms with E-state index in [0.717, 1.165) is 33.6 Å². The fourth-order valence-corrected chi connectivity index (χ4v) is 6.78. The Morgan fingerprint density at radius 3 is 2.60 bits per heavy atom. The standard InChI is InChI=1S/C33H32N2O7/c1-2-20-16-27-31(33(38)34(32(27)37)23-9-6-10-24(17-23)35(39)40)28-19-41-29(30(20)28)14-11-22(21-7-4-3-5-8-21)15-25-12-13-26(18-36)42-25/h3-10,12-13,15,17,27-29,31,36H,2,11,14,16,18-19H2,1H3/b22-15-/t27-,28+,29-,31-/m1/s1. The van der Waals surface area contributed by atoms with Crippen LogP contribution in [0, 0.1) is 27.9 Å². The Balaban J connectivity index is 1.26. The zero-order valence-electron chi connectivity index (χ0n) is 23.3. The number of ether oxygens (including phenoxy) is 1. The summed E-state index contributed by atoms with van der Waals surface area (Å²) in [7, 11) is 0. The van der Waals surface area contributed by atoms with Gasteiger partial charge in [0.05, 0.1) is 35.2 Å². The second-order valence-electron chi connectivity index (χ2n) is 11.0. The molecule has 1 aromatic heterocycles. The summed E-state index contributed by atoms with van der Waals surface area (Å²) >= 11 is 0. The van der Waals surface area contributed by atoms with Crippen molar-refractivity contribution in [3.05, 3.63) is 105 Å². The van der Waals surface area contributed by atoms with Crippen LogP contribution in [0.3, 0.4) is 0 Å². The number of benzene rings is 2. The Morgan fingerprint density at radius 2 is 1.88 bits per heavy atom. The number of nitrogens with zero attached hydrogens (tertiary/aromatic N) is 2. The highest BCUT2D eigenvalue weighted by Gasteiger charge is 2.57. The Labute approximate surface area is 243 Å². The predicted molar refractivity (Wildman–Crippen MR) is 156 cm³/mol. The first kappa shape index (κ1) is 27.8. The lowest BCUT2D eigenvalue weighted by atomic mass is 9.69. The van der Waals surface area contributed by atoms with Gasteiger partial charge < -0.3 is 14.3 Å². The minimum Gasteiger partial charge on any atom is -0.459 e. The Morgan fingerprint density at radius 1 is 1.07 bits per heavy atom. The quantitative estimate of drug-likeness (QED) is 0.147. The maximum absolute atomic E-state index is 13.8. The molecule has 0 spiro atoms. The van der Waals surface area contributed by atoms with E-state index in [4.69, 9.17) is 9.15 Å². The number of nitro groups is 1. The largest absolute Gasteiger partial charge is 0.459 e. The van der Waals surface area contributed by atoms with Crippen molar-refractivity contribution in [3.63, 3.8) is 0 Å². The lowest BCUT2D eigenvalue weighted by molar-refractivity contribution is -0.384. The first-order valence-electron chi connectivity index (χ1n) is 14.3. The molecule has 216 valence electrons. The van der Waals surface area contributed by atoms with Gasteiger partial charge in [0, 0.05) is 18.1 Å². The summed E-state index contributed by atoms with van der Waals surface area (Å²) in [6.07, 6.45) is 4.43. The molecule has 6 rings (SSSR count). The van der Waals surface area contributed by atoms with Gasteiger partial charge >= 0.3 is 0 Å². The smallest absolute Gasteiger partial charge is 0.271 e. The number of carbonyl (C=O) groups is 2. The van der Waals surface area contributed by atoms with Crippen LogP contribution >= 0.6 is 0 Å². The molecule has 2 aliphatic heterocycles. The average molecular weight is 569 g/mol. The molecule has 3 aliphatic rings. The number of fused-ring (bicyclic) bond motifs is 3. The summed E-state index contributed by atoms with van der Waals surface area (Å²) in [6.45, 7) is 2.26. The van der Waals surface area contributed by atoms with Crippen LogP contribution in [-0.2, 0) is 20.9 Å². The number of non-ortho nitro benzene ring substituents is 1. The van der Waals surface area contributed by atoms with Crippen LogP contribution in [0.2, 0.25) is 0 Å². The first-order valence-corrected chi connectivity index (χ1v) is 14.3. The molecule has 3 aromatic rings. The van der Waals surface area contributed by atoms with Gasteiger partial charge in [0.15, 0.2) is 0 Å². The first-order chi connectivity index (χ1) is 20.4. The molecule has 2 saturated heterocycles. The van der Waals surface area contributed by atoms with Gasteiger partial charge in [-0.15, -0.1) is 0 Å². The van der Waals surface area contributed by atoms with E-state index in [0.29, 0.717) is 37.4 Å². The van der Waals surface area contributed by atoms with E-state index < -0.39 is 16.8 Å². The van der Waals surface area contributed by atoms with Crippen molar-refractivity contribution < 1.29 is 28.8 Å². The van der Waals surface area contributed by atoms with Gasteiger partial charge in [-0.3, -0.25) is 19.7 Å². The van der Waals surface area contributed by atoms with Gasteiger partial charge in [-0.2, -0.15) is 0 Å². The predicted octanol–water partition coefficient (Wildman–Crippen LogP) is 5.93. The molecule has 0 unspecified atom stereocenters. The molecule has 1 N–H and O–H groups in total. The van der Waals surface area contributed by atoms with Crippen molar-refractivity contribution in [1.29, 1.82) is 0 Å². The van der Waals surface area contributed by atoms with Crippen LogP contribution < -0.4 is 4.90 Å². The van der Waals surface area contributed by atoms with Crippen LogP contribution in [0.1, 0.15) is 49.7 Å². The molecule has 1 aliphatic carbocycles. The molecular formula is C33H32N2O7. The van der Waals surface area contributed by atoms with Gasteiger partial charge in [0.1, 0.15) is 18.1 Å². The lowest BCUT2D eigenvalue weighted by Crippen LogP contribution is -2.34. The van der Waals surface area contributed by atoms with Gasteiger partial charge in [-0.25, -0.2) is 4.90 Å². The number of furan rings is 1. The lowest BCUT2D eigenvalue weighted by Gasteiger charge is -2.31. The highest BCUT2D eigenvalue weighted by atomic mass is 16.6. The Kier molecular flexibility index (Phi) is 7.62. The second kappa shape index (κ2) is 11.5. The summed E-state index contributed by atoms with van der Waals surface area (Å²) in [5, 5.41) is 20.8. The van der Waals surface area contributed by atoms with E-state index in [1.54, 1.807) is 12.1 Å². The van der Waals surface area contributed by atoms with Crippen molar-refractivity contribution in [1.82, 2.24) is 0 Å². The second-order valence-corrected chi connectivity index (χ2v) is 11.0. The summed E-state index contributed by atoms with van der Waals surface area (Å²) in [4.78, 5) is 39.3. The van der Waals surface area contributed by atoms with Crippen LogP contribution in [0.25, 0.3) is 11.6 Å². The van der Waals surface area contributed by atoms with Gasteiger partial charge in [0.2, 0.25) is 11.8 Å². The topological polar surface area (TPSA) is 123 Å². The highest BCUT2D eigenvalue weighted by Crippen LogP contribution is 2.51. The molecule has 9 heteroatoms. The number of anilines is 1. The molecule has 42 heavy (non-hydrogen) atoms. The number of allylic oxidation sites excluding steroid dienone is 2. The number of hydrogen-bond donors (Lipinski definition) is 1. The fourth-order valence-electron chi connectivity index (χ4n) is 6.78. The van der Waals surface area contributed by atoms with Crippen molar-refractivity contribution >= 4 is 34.8 Å². The van der Waals surface area contributed by atoms with Crippen LogP contribution in [0.4, 0.5) is 11.4 Å². The van der Waals surface area contributed by atoms with E-state index in [1.807, 2.05) is 42.5 Å².